The zero-order valence-electron chi connectivity index (χ0n) is 12.4. The van der Waals surface area contributed by atoms with E-state index in [1.807, 2.05) is 6.92 Å². The number of ether oxygens (including phenoxy) is 1. The molecule has 0 heterocycles. The Morgan fingerprint density at radius 1 is 1.26 bits per heavy atom. The number of nitrogens with two attached hydrogens (primary N) is 1. The van der Waals surface area contributed by atoms with Gasteiger partial charge in [-0.25, -0.2) is 0 Å². The van der Waals surface area contributed by atoms with Gasteiger partial charge in [-0.15, -0.1) is 0 Å². The van der Waals surface area contributed by atoms with Crippen LogP contribution in [-0.4, -0.2) is 12.7 Å². The minimum absolute atomic E-state index is 0.0169. The van der Waals surface area contributed by atoms with Crippen LogP contribution in [0.1, 0.15) is 63.1 Å². The molecule has 1 aromatic carbocycles. The first kappa shape index (κ1) is 14.5. The van der Waals surface area contributed by atoms with Crippen molar-refractivity contribution in [2.45, 2.75) is 58.1 Å². The van der Waals surface area contributed by atoms with E-state index in [0.29, 0.717) is 5.92 Å². The fraction of sp³-hybridized carbons (Fsp3) is 0.647. The van der Waals surface area contributed by atoms with E-state index >= 15 is 0 Å². The monoisotopic (exact) mass is 261 g/mol. The van der Waals surface area contributed by atoms with Gasteiger partial charge in [0.25, 0.3) is 0 Å². The molecule has 2 heteroatoms. The molecule has 2 rings (SSSR count). The highest BCUT2D eigenvalue weighted by Gasteiger charge is 2.28. The molecule has 0 radical (unpaired) electrons. The molecule has 0 amide bonds. The maximum atomic E-state index is 6.52. The van der Waals surface area contributed by atoms with Crippen molar-refractivity contribution >= 4 is 0 Å². The van der Waals surface area contributed by atoms with Gasteiger partial charge in [-0.3, -0.25) is 0 Å². The largest absolute Gasteiger partial charge is 0.376 e. The number of rotatable bonds is 6. The number of hydrogen-bond acceptors (Lipinski definition) is 2. The van der Waals surface area contributed by atoms with Crippen LogP contribution in [0.5, 0.6) is 0 Å². The second kappa shape index (κ2) is 6.53. The molecule has 1 fully saturated rings. The molecule has 0 saturated heterocycles. The van der Waals surface area contributed by atoms with Crippen LogP contribution in [0, 0.1) is 5.92 Å². The molecule has 1 aliphatic carbocycles. The Morgan fingerprint density at radius 3 is 2.47 bits per heavy atom. The van der Waals surface area contributed by atoms with Crippen LogP contribution >= 0.6 is 0 Å². The average Bonchev–Trinajstić information content (AvgIpc) is 2.33. The van der Waals surface area contributed by atoms with Crippen LogP contribution in [0.15, 0.2) is 24.3 Å². The average molecular weight is 261 g/mol. The van der Waals surface area contributed by atoms with Gasteiger partial charge in [0, 0.05) is 6.61 Å². The summed E-state index contributed by atoms with van der Waals surface area (Å²) in [6.07, 6.45) is 4.08. The third-order valence-electron chi connectivity index (χ3n) is 4.27. The van der Waals surface area contributed by atoms with E-state index < -0.39 is 0 Å². The second-order valence-corrected chi connectivity index (χ2v) is 5.95. The highest BCUT2D eigenvalue weighted by Crippen LogP contribution is 2.40. The van der Waals surface area contributed by atoms with Gasteiger partial charge in [0.2, 0.25) is 0 Å². The minimum atomic E-state index is -0.0169. The van der Waals surface area contributed by atoms with E-state index in [0.717, 1.165) is 12.5 Å². The lowest BCUT2D eigenvalue weighted by molar-refractivity contribution is 0.0118. The predicted octanol–water partition coefficient (Wildman–Crippen LogP) is 4.02. The molecule has 0 aromatic heterocycles. The summed E-state index contributed by atoms with van der Waals surface area (Å²) in [4.78, 5) is 0. The van der Waals surface area contributed by atoms with Crippen molar-refractivity contribution in [1.29, 1.82) is 0 Å². The molecule has 0 aliphatic heterocycles. The van der Waals surface area contributed by atoms with Gasteiger partial charge in [-0.05, 0) is 42.7 Å². The van der Waals surface area contributed by atoms with Gasteiger partial charge < -0.3 is 10.5 Å². The lowest BCUT2D eigenvalue weighted by Crippen LogP contribution is -2.34. The molecular weight excluding hydrogens is 234 g/mol. The van der Waals surface area contributed by atoms with Crippen molar-refractivity contribution in [3.05, 3.63) is 35.4 Å². The topological polar surface area (TPSA) is 35.2 Å². The van der Waals surface area contributed by atoms with Crippen molar-refractivity contribution in [3.63, 3.8) is 0 Å². The summed E-state index contributed by atoms with van der Waals surface area (Å²) in [7, 11) is 0. The minimum Gasteiger partial charge on any atom is -0.376 e. The summed E-state index contributed by atoms with van der Waals surface area (Å²) >= 11 is 0. The Balaban J connectivity index is 2.23. The van der Waals surface area contributed by atoms with Crippen LogP contribution in [0.3, 0.4) is 0 Å². The Kier molecular flexibility index (Phi) is 5.00. The summed E-state index contributed by atoms with van der Waals surface area (Å²) in [5, 5.41) is 0. The maximum absolute atomic E-state index is 6.52. The quantitative estimate of drug-likeness (QED) is 0.839. The van der Waals surface area contributed by atoms with Gasteiger partial charge >= 0.3 is 0 Å². The van der Waals surface area contributed by atoms with Crippen LogP contribution in [0.4, 0.5) is 0 Å². The SMILES string of the molecule is CCOC(C(C)C)C(N)c1ccccc1C1CCC1. The van der Waals surface area contributed by atoms with E-state index in [1.54, 1.807) is 0 Å². The van der Waals surface area contributed by atoms with Crippen molar-refractivity contribution in [1.82, 2.24) is 0 Å². The van der Waals surface area contributed by atoms with Gasteiger partial charge in [0.1, 0.15) is 0 Å². The first-order valence-corrected chi connectivity index (χ1v) is 7.61. The first-order valence-electron chi connectivity index (χ1n) is 7.61. The molecule has 19 heavy (non-hydrogen) atoms. The fourth-order valence-electron chi connectivity index (χ4n) is 2.99. The summed E-state index contributed by atoms with van der Waals surface area (Å²) in [5.74, 6) is 1.15. The molecule has 2 atom stereocenters. The van der Waals surface area contributed by atoms with Crippen molar-refractivity contribution < 1.29 is 4.74 Å². The molecule has 1 aliphatic rings. The Bertz CT molecular complexity index is 398. The van der Waals surface area contributed by atoms with Gasteiger partial charge in [-0.2, -0.15) is 0 Å². The van der Waals surface area contributed by atoms with Crippen molar-refractivity contribution in [2.75, 3.05) is 6.61 Å². The predicted molar refractivity (Wildman–Crippen MR) is 80.2 cm³/mol. The Labute approximate surface area is 117 Å². The molecular formula is C17H27NO. The highest BCUT2D eigenvalue weighted by atomic mass is 16.5. The van der Waals surface area contributed by atoms with Gasteiger partial charge in [0.15, 0.2) is 0 Å². The van der Waals surface area contributed by atoms with E-state index in [9.17, 15) is 0 Å². The summed E-state index contributed by atoms with van der Waals surface area (Å²) in [6, 6.07) is 8.65. The van der Waals surface area contributed by atoms with E-state index in [1.165, 1.54) is 30.4 Å². The maximum Gasteiger partial charge on any atom is 0.0790 e. The Hall–Kier alpha value is -0.860. The molecule has 106 valence electrons. The van der Waals surface area contributed by atoms with Crippen molar-refractivity contribution in [3.8, 4) is 0 Å². The summed E-state index contributed by atoms with van der Waals surface area (Å²) in [5.41, 5.74) is 9.26. The van der Waals surface area contributed by atoms with E-state index in [4.69, 9.17) is 10.5 Å². The molecule has 0 bridgehead atoms. The lowest BCUT2D eigenvalue weighted by Gasteiger charge is -2.33. The van der Waals surface area contributed by atoms with E-state index in [-0.39, 0.29) is 12.1 Å². The zero-order chi connectivity index (χ0) is 13.8. The lowest BCUT2D eigenvalue weighted by atomic mass is 9.76. The zero-order valence-corrected chi connectivity index (χ0v) is 12.4. The van der Waals surface area contributed by atoms with Crippen LogP contribution in [0.2, 0.25) is 0 Å². The second-order valence-electron chi connectivity index (χ2n) is 5.95. The first-order chi connectivity index (χ1) is 9.15. The third kappa shape index (κ3) is 3.18. The summed E-state index contributed by atoms with van der Waals surface area (Å²) < 4.78 is 5.88. The van der Waals surface area contributed by atoms with E-state index in [2.05, 4.69) is 38.1 Å². The smallest absolute Gasteiger partial charge is 0.0790 e. The molecule has 2 N–H and O–H groups in total. The fourth-order valence-corrected chi connectivity index (χ4v) is 2.99. The molecule has 1 saturated carbocycles. The molecule has 1 aromatic rings. The number of hydrogen-bond donors (Lipinski definition) is 1. The standard InChI is InChI=1S/C17H27NO/c1-4-19-17(12(2)3)16(18)15-11-6-5-10-14(15)13-8-7-9-13/h5-6,10-13,16-17H,4,7-9,18H2,1-3H3. The highest BCUT2D eigenvalue weighted by molar-refractivity contribution is 5.34. The van der Waals surface area contributed by atoms with Gasteiger partial charge in [-0.1, -0.05) is 44.5 Å². The normalized spacial score (nSPS) is 19.2. The third-order valence-corrected chi connectivity index (χ3v) is 4.27. The molecule has 2 unspecified atom stereocenters. The van der Waals surface area contributed by atoms with Crippen LogP contribution in [0.25, 0.3) is 0 Å². The molecule has 2 nitrogen and oxygen atoms in total. The molecule has 0 spiro atoms. The Morgan fingerprint density at radius 2 is 1.95 bits per heavy atom. The van der Waals surface area contributed by atoms with Gasteiger partial charge in [0.05, 0.1) is 12.1 Å². The number of benzene rings is 1. The van der Waals surface area contributed by atoms with Crippen LogP contribution < -0.4 is 5.73 Å². The van der Waals surface area contributed by atoms with Crippen LogP contribution in [-0.2, 0) is 4.74 Å². The van der Waals surface area contributed by atoms with Crippen molar-refractivity contribution in [2.24, 2.45) is 11.7 Å². The summed E-state index contributed by atoms with van der Waals surface area (Å²) in [6.45, 7) is 7.14.